The lowest BCUT2D eigenvalue weighted by molar-refractivity contribution is -0.206. The number of carbonyl (C=O) groups excluding carboxylic acids is 1. The van der Waals surface area contributed by atoms with Crippen molar-refractivity contribution in [3.05, 3.63) is 18.3 Å². The Kier molecular flexibility index (Phi) is 7.59. The molecule has 2 aliphatic heterocycles. The van der Waals surface area contributed by atoms with E-state index in [1.54, 1.807) is 12.3 Å². The summed E-state index contributed by atoms with van der Waals surface area (Å²) in [5.41, 5.74) is 0.509. The standard InChI is InChI=1S/C22H36N4O4S/c1-22(2,3)21(27)30-26-11-8-18(9-12-26)7-10-24-13-15-25(16-14-24)19-5-6-20(23-17-19)31(4,28)29/h5-6,17-18H,7-16H2,1-4H3. The smallest absolute Gasteiger partial charge is 0.330 e. The van der Waals surface area contributed by atoms with Gasteiger partial charge in [-0.25, -0.2) is 18.2 Å². The first-order valence-electron chi connectivity index (χ1n) is 11.1. The number of hydrogen-bond donors (Lipinski definition) is 0. The summed E-state index contributed by atoms with van der Waals surface area (Å²) in [6.07, 6.45) is 6.14. The highest BCUT2D eigenvalue weighted by Gasteiger charge is 2.28. The van der Waals surface area contributed by atoms with Crippen molar-refractivity contribution in [1.29, 1.82) is 0 Å². The molecule has 0 aromatic carbocycles. The van der Waals surface area contributed by atoms with Crippen molar-refractivity contribution in [3.63, 3.8) is 0 Å². The maximum absolute atomic E-state index is 12.0. The molecule has 3 rings (SSSR count). The molecule has 0 aliphatic carbocycles. The Hall–Kier alpha value is -1.71. The lowest BCUT2D eigenvalue weighted by Gasteiger charge is -2.37. The van der Waals surface area contributed by atoms with E-state index in [2.05, 4.69) is 14.8 Å². The quantitative estimate of drug-likeness (QED) is 0.650. The molecule has 1 aromatic rings. The van der Waals surface area contributed by atoms with Crippen LogP contribution in [0.3, 0.4) is 0 Å². The number of hydrogen-bond acceptors (Lipinski definition) is 8. The lowest BCUT2D eigenvalue weighted by Crippen LogP contribution is -2.47. The number of carbonyl (C=O) groups is 1. The van der Waals surface area contributed by atoms with Crippen LogP contribution in [0.25, 0.3) is 0 Å². The van der Waals surface area contributed by atoms with Crippen molar-refractivity contribution < 1.29 is 18.0 Å². The molecule has 0 amide bonds. The Bertz CT molecular complexity index is 835. The summed E-state index contributed by atoms with van der Waals surface area (Å²) in [6.45, 7) is 12.2. The highest BCUT2D eigenvalue weighted by Crippen LogP contribution is 2.24. The second kappa shape index (κ2) is 9.83. The molecule has 9 heteroatoms. The van der Waals surface area contributed by atoms with Crippen LogP contribution in [-0.2, 0) is 19.5 Å². The van der Waals surface area contributed by atoms with Gasteiger partial charge in [0.2, 0.25) is 0 Å². The third-order valence-corrected chi connectivity index (χ3v) is 7.09. The first-order chi connectivity index (χ1) is 14.5. The van der Waals surface area contributed by atoms with Crippen LogP contribution in [0.2, 0.25) is 0 Å². The predicted molar refractivity (Wildman–Crippen MR) is 120 cm³/mol. The fraction of sp³-hybridized carbons (Fsp3) is 0.727. The molecule has 31 heavy (non-hydrogen) atoms. The fourth-order valence-corrected chi connectivity index (χ4v) is 4.48. The summed E-state index contributed by atoms with van der Waals surface area (Å²) >= 11 is 0. The third kappa shape index (κ3) is 6.89. The molecule has 174 valence electrons. The largest absolute Gasteiger partial charge is 0.368 e. The Balaban J connectivity index is 1.36. The van der Waals surface area contributed by atoms with E-state index < -0.39 is 15.3 Å². The molecule has 2 aliphatic rings. The molecule has 0 saturated carbocycles. The molecule has 0 N–H and O–H groups in total. The van der Waals surface area contributed by atoms with Gasteiger partial charge in [-0.05, 0) is 64.6 Å². The van der Waals surface area contributed by atoms with Crippen molar-refractivity contribution in [1.82, 2.24) is 14.9 Å². The summed E-state index contributed by atoms with van der Waals surface area (Å²) in [7, 11) is -3.26. The van der Waals surface area contributed by atoms with Crippen LogP contribution in [0.4, 0.5) is 5.69 Å². The minimum atomic E-state index is -3.26. The topological polar surface area (TPSA) is 83.0 Å². The average Bonchev–Trinajstić information content (AvgIpc) is 2.72. The number of aromatic nitrogens is 1. The maximum atomic E-state index is 12.0. The van der Waals surface area contributed by atoms with Gasteiger partial charge in [0.15, 0.2) is 14.9 Å². The second-order valence-corrected chi connectivity index (χ2v) is 11.7. The second-order valence-electron chi connectivity index (χ2n) is 9.75. The first-order valence-corrected chi connectivity index (χ1v) is 13.0. The highest BCUT2D eigenvalue weighted by molar-refractivity contribution is 7.90. The van der Waals surface area contributed by atoms with Gasteiger partial charge in [0.1, 0.15) is 0 Å². The van der Waals surface area contributed by atoms with E-state index in [9.17, 15) is 13.2 Å². The van der Waals surface area contributed by atoms with Crippen LogP contribution in [-0.4, -0.2) is 81.4 Å². The van der Waals surface area contributed by atoms with E-state index in [1.807, 2.05) is 31.9 Å². The van der Waals surface area contributed by atoms with E-state index in [0.29, 0.717) is 5.92 Å². The van der Waals surface area contributed by atoms with E-state index in [1.165, 1.54) is 12.7 Å². The van der Waals surface area contributed by atoms with Crippen LogP contribution in [0.5, 0.6) is 0 Å². The molecule has 3 heterocycles. The number of piperidine rings is 1. The summed E-state index contributed by atoms with van der Waals surface area (Å²) in [6, 6.07) is 3.43. The van der Waals surface area contributed by atoms with Crippen molar-refractivity contribution in [2.24, 2.45) is 11.3 Å². The number of sulfone groups is 1. The monoisotopic (exact) mass is 452 g/mol. The fourth-order valence-electron chi connectivity index (χ4n) is 3.92. The zero-order valence-electron chi connectivity index (χ0n) is 19.2. The van der Waals surface area contributed by atoms with Gasteiger partial charge in [-0.1, -0.05) is 0 Å². The molecular weight excluding hydrogens is 416 g/mol. The molecular formula is C22H36N4O4S. The Morgan fingerprint density at radius 3 is 2.26 bits per heavy atom. The molecule has 0 atom stereocenters. The van der Waals surface area contributed by atoms with E-state index in [0.717, 1.165) is 64.3 Å². The Labute approximate surface area is 186 Å². The van der Waals surface area contributed by atoms with E-state index >= 15 is 0 Å². The summed E-state index contributed by atoms with van der Waals surface area (Å²) in [5.74, 6) is 0.514. The number of anilines is 1. The van der Waals surface area contributed by atoms with Gasteiger partial charge in [-0.3, -0.25) is 4.90 Å². The normalized spacial score (nSPS) is 20.1. The van der Waals surface area contributed by atoms with Gasteiger partial charge in [0.05, 0.1) is 17.3 Å². The molecule has 2 saturated heterocycles. The average molecular weight is 453 g/mol. The molecule has 2 fully saturated rings. The molecule has 0 bridgehead atoms. The zero-order valence-corrected chi connectivity index (χ0v) is 20.0. The predicted octanol–water partition coefficient (Wildman–Crippen LogP) is 2.21. The van der Waals surface area contributed by atoms with Gasteiger partial charge >= 0.3 is 5.97 Å². The van der Waals surface area contributed by atoms with Crippen LogP contribution in [0, 0.1) is 11.3 Å². The van der Waals surface area contributed by atoms with Gasteiger partial charge in [-0.15, -0.1) is 5.06 Å². The minimum Gasteiger partial charge on any atom is -0.368 e. The highest BCUT2D eigenvalue weighted by atomic mass is 32.2. The van der Waals surface area contributed by atoms with Crippen LogP contribution in [0.15, 0.2) is 23.4 Å². The molecule has 1 aromatic heterocycles. The number of nitrogens with zero attached hydrogens (tertiary/aromatic N) is 4. The van der Waals surface area contributed by atoms with Crippen molar-refractivity contribution in [2.45, 2.75) is 45.1 Å². The van der Waals surface area contributed by atoms with E-state index in [4.69, 9.17) is 4.84 Å². The number of hydroxylamine groups is 2. The maximum Gasteiger partial charge on any atom is 0.330 e. The first kappa shape index (κ1) is 23.9. The number of rotatable bonds is 6. The molecule has 8 nitrogen and oxygen atoms in total. The summed E-state index contributed by atoms with van der Waals surface area (Å²) in [5, 5.41) is 1.94. The number of piperazine rings is 1. The van der Waals surface area contributed by atoms with Gasteiger partial charge in [-0.2, -0.15) is 0 Å². The molecule has 0 spiro atoms. The Morgan fingerprint density at radius 1 is 1.10 bits per heavy atom. The Morgan fingerprint density at radius 2 is 1.74 bits per heavy atom. The molecule has 0 unspecified atom stereocenters. The number of pyridine rings is 1. The SMILES string of the molecule is CC(C)(C)C(=O)ON1CCC(CCN2CCN(c3ccc(S(C)(=O)=O)nc3)CC2)CC1. The van der Waals surface area contributed by atoms with Crippen LogP contribution in [0.1, 0.15) is 40.0 Å². The summed E-state index contributed by atoms with van der Waals surface area (Å²) < 4.78 is 23.1. The van der Waals surface area contributed by atoms with Crippen LogP contribution < -0.4 is 4.90 Å². The van der Waals surface area contributed by atoms with Gasteiger partial charge in [0, 0.05) is 45.5 Å². The van der Waals surface area contributed by atoms with Crippen LogP contribution >= 0.6 is 0 Å². The van der Waals surface area contributed by atoms with Crippen molar-refractivity contribution in [2.75, 3.05) is 57.0 Å². The summed E-state index contributed by atoms with van der Waals surface area (Å²) in [4.78, 5) is 26.4. The van der Waals surface area contributed by atoms with Crippen molar-refractivity contribution >= 4 is 21.5 Å². The third-order valence-electron chi connectivity index (χ3n) is 6.09. The lowest BCUT2D eigenvalue weighted by atomic mass is 9.94. The van der Waals surface area contributed by atoms with Crippen molar-refractivity contribution in [3.8, 4) is 0 Å². The minimum absolute atomic E-state index is 0.120. The molecule has 0 radical (unpaired) electrons. The van der Waals surface area contributed by atoms with E-state index in [-0.39, 0.29) is 11.0 Å². The van der Waals surface area contributed by atoms with Gasteiger partial charge in [0.25, 0.3) is 0 Å². The van der Waals surface area contributed by atoms with Gasteiger partial charge < -0.3 is 9.74 Å². The zero-order chi connectivity index (χ0) is 22.6.